The van der Waals surface area contributed by atoms with E-state index >= 15 is 0 Å². The van der Waals surface area contributed by atoms with Gasteiger partial charge in [-0.05, 0) is 122 Å². The fourth-order valence-corrected chi connectivity index (χ4v) is 7.43. The van der Waals surface area contributed by atoms with E-state index in [1.165, 1.54) is 0 Å². The Morgan fingerprint density at radius 3 is 1.11 bits per heavy atom. The quantitative estimate of drug-likeness (QED) is 0.0197. The van der Waals surface area contributed by atoms with Crippen LogP contribution in [0.2, 0.25) is 0 Å². The summed E-state index contributed by atoms with van der Waals surface area (Å²) >= 11 is 0. The summed E-state index contributed by atoms with van der Waals surface area (Å²) in [6.07, 6.45) is 69.7. The number of aliphatic hydroxyl groups excluding tert-OH is 1. The maximum atomic E-state index is 12.9. The lowest BCUT2D eigenvalue weighted by Gasteiger charge is -2.21. The van der Waals surface area contributed by atoms with Gasteiger partial charge in [-0.25, -0.2) is 4.57 Å². The van der Waals surface area contributed by atoms with Crippen LogP contribution in [-0.2, 0) is 42.2 Å². The number of aliphatic hydroxyl groups is 1. The highest BCUT2D eigenvalue weighted by molar-refractivity contribution is 7.47. The van der Waals surface area contributed by atoms with Gasteiger partial charge in [-0.15, -0.1) is 0 Å². The minimum absolute atomic E-state index is 0.0443. The first-order chi connectivity index (χ1) is 36.2. The monoisotopic (exact) mass is 1050 g/mol. The maximum absolute atomic E-state index is 12.9. The molecule has 0 aliphatic rings. The smallest absolute Gasteiger partial charge is 0.462 e. The van der Waals surface area contributed by atoms with Crippen molar-refractivity contribution >= 4 is 25.7 Å². The molecular formula is C62H97O11P. The highest BCUT2D eigenvalue weighted by Gasteiger charge is 2.28. The summed E-state index contributed by atoms with van der Waals surface area (Å²) in [7, 11) is -4.79. The lowest BCUT2D eigenvalue weighted by Crippen LogP contribution is -2.30. The number of hydrogen-bond donors (Lipinski definition) is 2. The van der Waals surface area contributed by atoms with Crippen molar-refractivity contribution in [1.82, 2.24) is 0 Å². The van der Waals surface area contributed by atoms with Crippen LogP contribution in [0, 0.1) is 0 Å². The zero-order valence-corrected chi connectivity index (χ0v) is 46.6. The standard InChI is InChI=1S/C62H97O11P/c1-4-7-10-13-16-19-22-25-27-28-29-30-32-34-36-39-42-45-48-51-60(64)69-55-59(73-62(66)53-50-47-44-41-38-35-31-26-23-20-17-14-11-8-5-2)57-71-74(67,68)70-56-58(54-63)72-61(65)52-49-46-43-40-37-33-24-21-18-15-12-9-6-3/h7-12,16-21,25-27,29-31,33-34,36-37,43,46,58-59,63H,4-6,13-15,22-24,28,32,35,38-42,44-45,47-57H2,1-3H3,(H,67,68)/b10-7-,11-8-,12-9-,19-16-,20-17-,21-18-,27-25-,30-29-,31-26-,36-34-,37-33-,46-43-. The summed E-state index contributed by atoms with van der Waals surface area (Å²) < 4.78 is 39.3. The molecular weight excluding hydrogens is 952 g/mol. The maximum Gasteiger partial charge on any atom is 0.472 e. The van der Waals surface area contributed by atoms with Gasteiger partial charge in [-0.2, -0.15) is 0 Å². The van der Waals surface area contributed by atoms with E-state index in [9.17, 15) is 28.9 Å². The molecule has 0 spiro atoms. The minimum Gasteiger partial charge on any atom is -0.462 e. The highest BCUT2D eigenvalue weighted by Crippen LogP contribution is 2.43. The van der Waals surface area contributed by atoms with Gasteiger partial charge < -0.3 is 24.2 Å². The molecule has 0 rings (SSSR count). The summed E-state index contributed by atoms with van der Waals surface area (Å²) in [4.78, 5) is 48.4. The molecule has 3 unspecified atom stereocenters. The van der Waals surface area contributed by atoms with Gasteiger partial charge in [-0.1, -0.05) is 192 Å². The highest BCUT2D eigenvalue weighted by atomic mass is 31.2. The average Bonchev–Trinajstić information content (AvgIpc) is 3.39. The Balaban J connectivity index is 4.90. The predicted molar refractivity (Wildman–Crippen MR) is 306 cm³/mol. The summed E-state index contributed by atoms with van der Waals surface area (Å²) in [5.74, 6) is -1.63. The number of allylic oxidation sites excluding steroid dienone is 24. The van der Waals surface area contributed by atoms with Gasteiger partial charge in [0.2, 0.25) is 0 Å². The molecule has 0 saturated heterocycles. The molecule has 0 radical (unpaired) electrons. The Labute approximate surface area is 448 Å². The van der Waals surface area contributed by atoms with E-state index in [0.717, 1.165) is 128 Å². The lowest BCUT2D eigenvalue weighted by molar-refractivity contribution is -0.161. The van der Waals surface area contributed by atoms with Crippen LogP contribution < -0.4 is 0 Å². The fraction of sp³-hybridized carbons (Fsp3) is 0.565. The Bertz CT molecular complexity index is 1800. The molecule has 12 heteroatoms. The molecule has 2 N–H and O–H groups in total. The normalized spacial score (nSPS) is 14.5. The second-order valence-electron chi connectivity index (χ2n) is 17.6. The van der Waals surface area contributed by atoms with Crippen LogP contribution in [0.4, 0.5) is 0 Å². The third-order valence-corrected chi connectivity index (χ3v) is 11.7. The van der Waals surface area contributed by atoms with Crippen LogP contribution in [-0.4, -0.2) is 66.5 Å². The van der Waals surface area contributed by atoms with Crippen molar-refractivity contribution in [3.05, 3.63) is 146 Å². The molecule has 0 fully saturated rings. The summed E-state index contributed by atoms with van der Waals surface area (Å²) in [5, 5.41) is 9.78. The number of carbonyl (C=O) groups excluding carboxylic acids is 3. The summed E-state index contributed by atoms with van der Waals surface area (Å²) in [5.41, 5.74) is 0. The van der Waals surface area contributed by atoms with Crippen LogP contribution >= 0.6 is 7.82 Å². The van der Waals surface area contributed by atoms with Gasteiger partial charge in [0.05, 0.1) is 19.8 Å². The number of rotatable bonds is 49. The Morgan fingerprint density at radius 2 is 0.689 bits per heavy atom. The molecule has 0 bridgehead atoms. The van der Waals surface area contributed by atoms with Gasteiger partial charge in [0, 0.05) is 19.3 Å². The van der Waals surface area contributed by atoms with Crippen LogP contribution in [0.5, 0.6) is 0 Å². The number of carbonyl (C=O) groups is 3. The Hall–Kier alpha value is -4.64. The first-order valence-corrected chi connectivity index (χ1v) is 29.2. The van der Waals surface area contributed by atoms with E-state index < -0.39 is 57.8 Å². The molecule has 0 amide bonds. The van der Waals surface area contributed by atoms with Gasteiger partial charge in [0.15, 0.2) is 6.10 Å². The molecule has 74 heavy (non-hydrogen) atoms. The van der Waals surface area contributed by atoms with Crippen molar-refractivity contribution in [3.8, 4) is 0 Å². The fourth-order valence-electron chi connectivity index (χ4n) is 6.64. The topological polar surface area (TPSA) is 155 Å². The second kappa shape index (κ2) is 54.6. The average molecular weight is 1050 g/mol. The van der Waals surface area contributed by atoms with Crippen LogP contribution in [0.3, 0.4) is 0 Å². The van der Waals surface area contributed by atoms with E-state index in [-0.39, 0.29) is 25.9 Å². The van der Waals surface area contributed by atoms with E-state index in [1.54, 1.807) is 0 Å². The first-order valence-electron chi connectivity index (χ1n) is 27.7. The number of phosphoric acid groups is 1. The van der Waals surface area contributed by atoms with E-state index in [4.69, 9.17) is 23.3 Å². The summed E-state index contributed by atoms with van der Waals surface area (Å²) in [6, 6.07) is 0. The van der Waals surface area contributed by atoms with Crippen LogP contribution in [0.15, 0.2) is 146 Å². The van der Waals surface area contributed by atoms with Gasteiger partial charge in [0.1, 0.15) is 12.7 Å². The van der Waals surface area contributed by atoms with Gasteiger partial charge in [0.25, 0.3) is 0 Å². The van der Waals surface area contributed by atoms with Crippen molar-refractivity contribution in [3.63, 3.8) is 0 Å². The van der Waals surface area contributed by atoms with E-state index in [2.05, 4.69) is 148 Å². The Morgan fingerprint density at radius 1 is 0.378 bits per heavy atom. The predicted octanol–water partition coefficient (Wildman–Crippen LogP) is 16.4. The number of hydrogen-bond acceptors (Lipinski definition) is 10. The molecule has 416 valence electrons. The lowest BCUT2D eigenvalue weighted by atomic mass is 10.1. The zero-order chi connectivity index (χ0) is 54.1. The SMILES string of the molecule is CC/C=C\C/C=C\C/C=C\C/C=C\C/C=C\CCCCCC(=O)OCC(COP(=O)(O)OCC(CO)OC(=O)CC/C=C\C/C=C\C/C=C\C/C=C\CC)OC(=O)CCCCCCC/C=C\C/C=C\C/C=C\CC. The number of phosphoric ester groups is 1. The molecule has 0 saturated carbocycles. The molecule has 0 aliphatic heterocycles. The zero-order valence-electron chi connectivity index (χ0n) is 45.7. The second-order valence-corrected chi connectivity index (χ2v) is 19.1. The molecule has 0 heterocycles. The van der Waals surface area contributed by atoms with E-state index in [1.807, 2.05) is 18.2 Å². The first kappa shape index (κ1) is 69.4. The third-order valence-electron chi connectivity index (χ3n) is 10.8. The Kier molecular flexibility index (Phi) is 51.2. The number of esters is 3. The molecule has 11 nitrogen and oxygen atoms in total. The van der Waals surface area contributed by atoms with Gasteiger partial charge in [-0.3, -0.25) is 23.4 Å². The molecule has 0 aromatic carbocycles. The van der Waals surface area contributed by atoms with Crippen molar-refractivity contribution < 1.29 is 52.2 Å². The molecule has 0 aromatic rings. The van der Waals surface area contributed by atoms with E-state index in [0.29, 0.717) is 19.3 Å². The van der Waals surface area contributed by atoms with Crippen molar-refractivity contribution in [2.45, 2.75) is 200 Å². The van der Waals surface area contributed by atoms with Gasteiger partial charge >= 0.3 is 25.7 Å². The van der Waals surface area contributed by atoms with Crippen LogP contribution in [0.25, 0.3) is 0 Å². The van der Waals surface area contributed by atoms with Crippen LogP contribution in [0.1, 0.15) is 188 Å². The molecule has 0 aromatic heterocycles. The third kappa shape index (κ3) is 52.2. The van der Waals surface area contributed by atoms with Crippen molar-refractivity contribution in [2.75, 3.05) is 26.4 Å². The number of unbranched alkanes of at least 4 members (excludes halogenated alkanes) is 8. The largest absolute Gasteiger partial charge is 0.472 e. The van der Waals surface area contributed by atoms with Crippen molar-refractivity contribution in [1.29, 1.82) is 0 Å². The van der Waals surface area contributed by atoms with Crippen molar-refractivity contribution in [2.24, 2.45) is 0 Å². The molecule has 0 aliphatic carbocycles. The minimum atomic E-state index is -4.79. The summed E-state index contributed by atoms with van der Waals surface area (Å²) in [6.45, 7) is 4.12. The number of ether oxygens (including phenoxy) is 3. The molecule has 3 atom stereocenters.